The quantitative estimate of drug-likeness (QED) is 0.473. The Hall–Kier alpha value is -4.14. The number of carbonyl (C=O) groups excluding carboxylic acids is 1. The fourth-order valence-corrected chi connectivity index (χ4v) is 3.32. The minimum atomic E-state index is -4.85. The van der Waals surface area contributed by atoms with E-state index in [1.54, 1.807) is 6.07 Å². The molecule has 33 heavy (non-hydrogen) atoms. The second kappa shape index (κ2) is 9.15. The Morgan fingerprint density at radius 1 is 0.939 bits per heavy atom. The number of rotatable bonds is 6. The zero-order chi connectivity index (χ0) is 23.4. The van der Waals surface area contributed by atoms with Crippen molar-refractivity contribution in [3.05, 3.63) is 94.8 Å². The third-order valence-corrected chi connectivity index (χ3v) is 4.88. The average molecular weight is 453 g/mol. The van der Waals surface area contributed by atoms with Gasteiger partial charge in [0.25, 0.3) is 5.56 Å². The van der Waals surface area contributed by atoms with Gasteiger partial charge in [-0.2, -0.15) is 5.10 Å². The number of halogens is 3. The molecule has 0 aliphatic carbocycles. The van der Waals surface area contributed by atoms with Gasteiger partial charge in [0.05, 0.1) is 5.69 Å². The minimum Gasteiger partial charge on any atom is -0.405 e. The molecule has 168 valence electrons. The molecule has 0 spiro atoms. The van der Waals surface area contributed by atoms with Gasteiger partial charge in [-0.1, -0.05) is 54.6 Å². The molecule has 0 bridgehead atoms. The van der Waals surface area contributed by atoms with E-state index in [-0.39, 0.29) is 18.7 Å². The molecule has 0 radical (unpaired) electrons. The number of carbonyl (C=O) groups is 1. The van der Waals surface area contributed by atoms with E-state index in [9.17, 15) is 22.8 Å². The van der Waals surface area contributed by atoms with Gasteiger partial charge >= 0.3 is 6.36 Å². The number of amides is 1. The summed E-state index contributed by atoms with van der Waals surface area (Å²) in [6, 6.07) is 21.9. The third kappa shape index (κ3) is 5.57. The van der Waals surface area contributed by atoms with Crippen molar-refractivity contribution in [1.29, 1.82) is 0 Å². The highest BCUT2D eigenvalue weighted by molar-refractivity contribution is 5.86. The lowest BCUT2D eigenvalue weighted by Crippen LogP contribution is -2.33. The van der Waals surface area contributed by atoms with Gasteiger partial charge in [0.2, 0.25) is 5.91 Å². The maximum absolute atomic E-state index is 12.6. The highest BCUT2D eigenvalue weighted by atomic mass is 19.4. The topological polar surface area (TPSA) is 73.2 Å². The number of alkyl halides is 3. The standard InChI is InChI=1S/C24H18F3N3O3/c25-24(26,27)33-21-8-4-3-7-19(21)14-28-22(31)15-30-23(32)12-11-20(29-30)18-10-9-16-5-1-2-6-17(16)13-18/h1-13H,14-15H2,(H,28,31). The summed E-state index contributed by atoms with van der Waals surface area (Å²) in [5.74, 6) is -0.985. The molecule has 4 aromatic rings. The Kier molecular flexibility index (Phi) is 6.12. The fraction of sp³-hybridized carbons (Fsp3) is 0.125. The number of hydrogen-bond acceptors (Lipinski definition) is 4. The Balaban J connectivity index is 1.48. The van der Waals surface area contributed by atoms with E-state index >= 15 is 0 Å². The van der Waals surface area contributed by atoms with E-state index in [4.69, 9.17) is 0 Å². The molecule has 6 nitrogen and oxygen atoms in total. The van der Waals surface area contributed by atoms with Gasteiger partial charge in [-0.25, -0.2) is 4.68 Å². The van der Waals surface area contributed by atoms with Gasteiger partial charge in [0.1, 0.15) is 12.3 Å². The van der Waals surface area contributed by atoms with Crippen LogP contribution in [0.2, 0.25) is 0 Å². The summed E-state index contributed by atoms with van der Waals surface area (Å²) in [4.78, 5) is 24.6. The van der Waals surface area contributed by atoms with Crippen molar-refractivity contribution in [2.45, 2.75) is 19.5 Å². The molecule has 0 atom stereocenters. The van der Waals surface area contributed by atoms with Gasteiger partial charge in [0, 0.05) is 23.7 Å². The highest BCUT2D eigenvalue weighted by Crippen LogP contribution is 2.26. The van der Waals surface area contributed by atoms with Crippen LogP contribution < -0.4 is 15.6 Å². The van der Waals surface area contributed by atoms with Crippen molar-refractivity contribution in [2.75, 3.05) is 0 Å². The smallest absolute Gasteiger partial charge is 0.405 e. The summed E-state index contributed by atoms with van der Waals surface area (Å²) in [5, 5.41) is 8.84. The van der Waals surface area contributed by atoms with Crippen molar-refractivity contribution in [2.24, 2.45) is 0 Å². The lowest BCUT2D eigenvalue weighted by Gasteiger charge is -2.14. The lowest BCUT2D eigenvalue weighted by molar-refractivity contribution is -0.274. The molecular weight excluding hydrogens is 435 g/mol. The largest absolute Gasteiger partial charge is 0.573 e. The van der Waals surface area contributed by atoms with Gasteiger partial charge in [-0.05, 0) is 29.0 Å². The zero-order valence-electron chi connectivity index (χ0n) is 17.2. The number of hydrogen-bond donors (Lipinski definition) is 1. The maximum atomic E-state index is 12.6. The first-order chi connectivity index (χ1) is 15.8. The fourth-order valence-electron chi connectivity index (χ4n) is 3.32. The van der Waals surface area contributed by atoms with Crippen LogP contribution in [0.4, 0.5) is 13.2 Å². The normalized spacial score (nSPS) is 11.4. The summed E-state index contributed by atoms with van der Waals surface area (Å²) in [6.07, 6.45) is -4.85. The van der Waals surface area contributed by atoms with Crippen LogP contribution in [-0.4, -0.2) is 22.1 Å². The molecule has 4 rings (SSSR count). The third-order valence-electron chi connectivity index (χ3n) is 4.88. The Bertz CT molecular complexity index is 1370. The van der Waals surface area contributed by atoms with Crippen molar-refractivity contribution < 1.29 is 22.7 Å². The number of ether oxygens (including phenoxy) is 1. The summed E-state index contributed by atoms with van der Waals surface area (Å²) in [6.45, 7) is -0.591. The summed E-state index contributed by atoms with van der Waals surface area (Å²) >= 11 is 0. The molecule has 9 heteroatoms. The first-order valence-corrected chi connectivity index (χ1v) is 9.96. The van der Waals surface area contributed by atoms with Gasteiger partial charge in [0.15, 0.2) is 0 Å². The maximum Gasteiger partial charge on any atom is 0.573 e. The van der Waals surface area contributed by atoms with Crippen molar-refractivity contribution in [3.63, 3.8) is 0 Å². The molecule has 1 N–H and O–H groups in total. The predicted molar refractivity (Wildman–Crippen MR) is 116 cm³/mol. The van der Waals surface area contributed by atoms with E-state index in [2.05, 4.69) is 15.2 Å². The average Bonchev–Trinajstić information content (AvgIpc) is 2.78. The minimum absolute atomic E-state index is 0.147. The zero-order valence-corrected chi connectivity index (χ0v) is 17.2. The first kappa shape index (κ1) is 22.1. The molecule has 1 amide bonds. The van der Waals surface area contributed by atoms with Crippen LogP contribution in [-0.2, 0) is 17.9 Å². The first-order valence-electron chi connectivity index (χ1n) is 9.96. The number of aromatic nitrogens is 2. The molecule has 3 aromatic carbocycles. The molecule has 1 aromatic heterocycles. The van der Waals surface area contributed by atoms with Crippen molar-refractivity contribution in [3.8, 4) is 17.0 Å². The van der Waals surface area contributed by atoms with Crippen LogP contribution in [0.3, 0.4) is 0 Å². The molecule has 1 heterocycles. The number of benzene rings is 3. The van der Waals surface area contributed by atoms with E-state index in [1.807, 2.05) is 42.5 Å². The summed E-state index contributed by atoms with van der Waals surface area (Å²) in [5.41, 5.74) is 0.960. The highest BCUT2D eigenvalue weighted by Gasteiger charge is 2.32. The van der Waals surface area contributed by atoms with E-state index < -0.39 is 23.6 Å². The second-order valence-corrected chi connectivity index (χ2v) is 7.21. The van der Waals surface area contributed by atoms with Crippen LogP contribution in [0.5, 0.6) is 5.75 Å². The number of fused-ring (bicyclic) bond motifs is 1. The Morgan fingerprint density at radius 2 is 1.67 bits per heavy atom. The second-order valence-electron chi connectivity index (χ2n) is 7.21. The van der Waals surface area contributed by atoms with Crippen LogP contribution in [0, 0.1) is 0 Å². The predicted octanol–water partition coefficient (Wildman–Crippen LogP) is 4.28. The summed E-state index contributed by atoms with van der Waals surface area (Å²) in [7, 11) is 0. The number of nitrogens with one attached hydrogen (secondary N) is 1. The molecule has 0 aliphatic heterocycles. The van der Waals surface area contributed by atoms with E-state index in [0.29, 0.717) is 5.69 Å². The number of nitrogens with zero attached hydrogens (tertiary/aromatic N) is 2. The van der Waals surface area contributed by atoms with Crippen LogP contribution in [0.15, 0.2) is 83.7 Å². The monoisotopic (exact) mass is 453 g/mol. The Labute approximate surface area is 186 Å². The molecule has 0 aliphatic rings. The van der Waals surface area contributed by atoms with Crippen LogP contribution >= 0.6 is 0 Å². The van der Waals surface area contributed by atoms with E-state index in [1.165, 1.54) is 24.3 Å². The van der Waals surface area contributed by atoms with E-state index in [0.717, 1.165) is 27.1 Å². The molecular formula is C24H18F3N3O3. The van der Waals surface area contributed by atoms with Gasteiger partial charge in [-0.3, -0.25) is 9.59 Å². The van der Waals surface area contributed by atoms with Crippen molar-refractivity contribution in [1.82, 2.24) is 15.1 Å². The summed E-state index contributed by atoms with van der Waals surface area (Å²) < 4.78 is 42.7. The SMILES string of the molecule is O=C(Cn1nc(-c2ccc3ccccc3c2)ccc1=O)NCc1ccccc1OC(F)(F)F. The number of para-hydroxylation sites is 1. The van der Waals surface area contributed by atoms with Crippen LogP contribution in [0.25, 0.3) is 22.0 Å². The molecule has 0 saturated heterocycles. The van der Waals surface area contributed by atoms with Gasteiger partial charge < -0.3 is 10.1 Å². The molecule has 0 fully saturated rings. The van der Waals surface area contributed by atoms with Crippen LogP contribution in [0.1, 0.15) is 5.56 Å². The van der Waals surface area contributed by atoms with Gasteiger partial charge in [-0.15, -0.1) is 13.2 Å². The Morgan fingerprint density at radius 3 is 2.45 bits per heavy atom. The molecule has 0 unspecified atom stereocenters. The van der Waals surface area contributed by atoms with Crippen molar-refractivity contribution >= 4 is 16.7 Å². The lowest BCUT2D eigenvalue weighted by atomic mass is 10.1. The molecule has 0 saturated carbocycles.